The number of unbranched alkanes of at least 4 members (excludes halogenated alkanes) is 6. The molecule has 5 atom stereocenters. The van der Waals surface area contributed by atoms with E-state index in [0.717, 1.165) is 70.6 Å². The first-order valence-electron chi connectivity index (χ1n) is 22.0. The summed E-state index contributed by atoms with van der Waals surface area (Å²) in [4.78, 5) is 2.33. The predicted molar refractivity (Wildman–Crippen MR) is 245 cm³/mol. The molecule has 2 fully saturated rings. The number of benzene rings is 1. The van der Waals surface area contributed by atoms with Crippen molar-refractivity contribution in [2.24, 2.45) is 23.2 Å². The maximum atomic E-state index is 13.2. The van der Waals surface area contributed by atoms with Gasteiger partial charge in [0, 0.05) is 30.6 Å². The Kier molecular flexibility index (Phi) is 23.2. The molecule has 0 radical (unpaired) electrons. The second-order valence-electron chi connectivity index (χ2n) is 17.5. The number of likely N-dealkylation sites (N-methyl/N-ethyl adjacent to an activating group) is 1. The first-order chi connectivity index (χ1) is 29.4. The molecule has 1 aromatic rings. The molecule has 0 aliphatic heterocycles. The normalized spacial score (nSPS) is 23.2. The highest BCUT2D eigenvalue weighted by molar-refractivity contribution is 14.1. The number of aryl methyl sites for hydroxylation is 1. The Hall–Kier alpha value is 0.350. The Bertz CT molecular complexity index is 1410. The monoisotopic (exact) mass is 1160 g/mol. The molecule has 0 heterocycles. The van der Waals surface area contributed by atoms with Crippen LogP contribution in [0.4, 0.5) is 39.5 Å². The van der Waals surface area contributed by atoms with Gasteiger partial charge in [-0.25, -0.2) is 0 Å². The van der Waals surface area contributed by atoms with Crippen LogP contribution in [0.1, 0.15) is 120 Å². The molecule has 0 N–H and O–H groups in total. The molecule has 62 heavy (non-hydrogen) atoms. The van der Waals surface area contributed by atoms with E-state index in [1.165, 1.54) is 74.0 Å². The molecular weight excluding hydrogens is 1100 g/mol. The van der Waals surface area contributed by atoms with Crippen molar-refractivity contribution in [1.82, 2.24) is 4.90 Å². The van der Waals surface area contributed by atoms with Gasteiger partial charge in [-0.3, -0.25) is 0 Å². The van der Waals surface area contributed by atoms with Crippen LogP contribution in [-0.2, 0) is 22.0 Å². The molecule has 0 spiro atoms. The zero-order valence-electron chi connectivity index (χ0n) is 35.8. The van der Waals surface area contributed by atoms with E-state index in [2.05, 4.69) is 41.8 Å². The van der Waals surface area contributed by atoms with E-state index in [4.69, 9.17) is 15.6 Å². The minimum absolute atomic E-state index is 0.250. The van der Waals surface area contributed by atoms with Crippen molar-refractivity contribution >= 4 is 67.6 Å². The summed E-state index contributed by atoms with van der Waals surface area (Å²) in [5.74, 6) is 4.88. The molecule has 0 aromatic heterocycles. The van der Waals surface area contributed by atoms with Gasteiger partial charge in [0.1, 0.15) is 58.4 Å². The number of fused-ring (bicyclic) bond motifs is 5. The molecule has 3 aliphatic rings. The van der Waals surface area contributed by atoms with Gasteiger partial charge in [0.05, 0.1) is 25.9 Å². The van der Waals surface area contributed by atoms with Crippen molar-refractivity contribution in [2.75, 3.05) is 64.7 Å². The van der Waals surface area contributed by atoms with Gasteiger partial charge in [0.15, 0.2) is 0 Å². The maximum absolute atomic E-state index is 13.2. The zero-order valence-corrected chi connectivity index (χ0v) is 41.7. The van der Waals surface area contributed by atoms with Crippen molar-refractivity contribution < 1.29 is 59.9 Å². The van der Waals surface area contributed by atoms with Crippen LogP contribution in [0, 0.1) is 23.2 Å². The van der Waals surface area contributed by atoms with Crippen molar-refractivity contribution in [2.45, 2.75) is 146 Å². The van der Waals surface area contributed by atoms with Crippen LogP contribution in [0.15, 0.2) is 18.2 Å². The van der Waals surface area contributed by atoms with E-state index in [1.54, 1.807) is 0 Å². The van der Waals surface area contributed by atoms with E-state index in [-0.39, 0.29) is 18.1 Å². The molecule has 1 aromatic carbocycles. The van der Waals surface area contributed by atoms with E-state index in [0.29, 0.717) is 36.7 Å². The largest absolute Gasteiger partial charge is 0.492 e. The first-order valence-corrected chi connectivity index (χ1v) is 26.3. The van der Waals surface area contributed by atoms with E-state index < -0.39 is 37.2 Å². The Labute approximate surface area is 398 Å². The lowest BCUT2D eigenvalue weighted by atomic mass is 9.55. The van der Waals surface area contributed by atoms with Crippen LogP contribution >= 0.6 is 67.6 Å². The van der Waals surface area contributed by atoms with Crippen LogP contribution in [0.25, 0.3) is 0 Å². The van der Waals surface area contributed by atoms with Crippen LogP contribution in [0.5, 0.6) is 5.75 Å². The molecule has 2 saturated carbocycles. The second kappa shape index (κ2) is 26.2. The molecule has 0 bridgehead atoms. The topological polar surface area (TPSA) is 49.4 Å². The van der Waals surface area contributed by atoms with Gasteiger partial charge in [-0.05, 0) is 131 Å². The smallest absolute Gasteiger partial charge is 0.435 e. The van der Waals surface area contributed by atoms with Gasteiger partial charge in [-0.1, -0.05) is 66.7 Å². The van der Waals surface area contributed by atoms with Crippen LogP contribution in [0.3, 0.4) is 0 Å². The van der Waals surface area contributed by atoms with E-state index >= 15 is 0 Å². The van der Waals surface area contributed by atoms with Crippen LogP contribution in [-0.4, -0.2) is 99.8 Å². The average molecular weight is 1160 g/mol. The number of alkyl halides is 9. The maximum Gasteiger partial charge on any atom is 0.435 e. The van der Waals surface area contributed by atoms with Gasteiger partial charge in [-0.2, -0.15) is 39.5 Å². The zero-order chi connectivity index (χ0) is 45.4. The van der Waals surface area contributed by atoms with Crippen molar-refractivity contribution in [3.8, 4) is 5.75 Å². The number of halogens is 11. The molecule has 0 amide bonds. The Morgan fingerprint density at radius 1 is 0.742 bits per heavy atom. The molecule has 19 heteroatoms. The lowest BCUT2D eigenvalue weighted by Crippen LogP contribution is -2.67. The average Bonchev–Trinajstić information content (AvgIpc) is 3.53. The Balaban J connectivity index is 1.08. The minimum atomic E-state index is -6.74. The van der Waals surface area contributed by atoms with Gasteiger partial charge < -0.3 is 25.2 Å². The third-order valence-corrected chi connectivity index (χ3v) is 16.6. The van der Waals surface area contributed by atoms with Gasteiger partial charge in [0.2, 0.25) is 0 Å². The summed E-state index contributed by atoms with van der Waals surface area (Å²) in [6.45, 7) is 4.43. The first kappa shape index (κ1) is 55.0. The summed E-state index contributed by atoms with van der Waals surface area (Å²) in [6, 6.07) is 6.43. The second-order valence-corrected chi connectivity index (χ2v) is 21.4. The quantitative estimate of drug-likeness (QED) is 0.0340. The summed E-state index contributed by atoms with van der Waals surface area (Å²) in [6.07, 6.45) is -4.71. The predicted octanol–water partition coefficient (Wildman–Crippen LogP) is 14.3. The SMILES string of the molecule is CN(CCCCCCSSCCCCCCC(COI)COI)CCOc1ccc2c(c1)CCC1C2CCC2(C)C(OCCCOC(C(F)(F)F)(C(F)(F)F)C(F)(F)F)CCC12. The Morgan fingerprint density at radius 2 is 1.37 bits per heavy atom. The number of ether oxygens (including phenoxy) is 3. The van der Waals surface area contributed by atoms with Crippen molar-refractivity contribution in [3.63, 3.8) is 0 Å². The summed E-state index contributed by atoms with van der Waals surface area (Å²) < 4.78 is 145. The number of rotatable bonds is 29. The van der Waals surface area contributed by atoms with Crippen molar-refractivity contribution in [1.29, 1.82) is 0 Å². The number of nitrogens with zero attached hydrogens (tertiary/aromatic N) is 1. The minimum Gasteiger partial charge on any atom is -0.492 e. The number of hydrogen-bond donors (Lipinski definition) is 0. The lowest BCUT2D eigenvalue weighted by Gasteiger charge is -2.50. The fourth-order valence-electron chi connectivity index (χ4n) is 9.90. The molecule has 6 nitrogen and oxygen atoms in total. The van der Waals surface area contributed by atoms with E-state index in [9.17, 15) is 39.5 Å². The summed E-state index contributed by atoms with van der Waals surface area (Å²) in [5.41, 5.74) is -3.86. The molecule has 360 valence electrons. The van der Waals surface area contributed by atoms with Crippen LogP contribution < -0.4 is 4.74 Å². The fourth-order valence-corrected chi connectivity index (χ4v) is 13.2. The third kappa shape index (κ3) is 15.2. The Morgan fingerprint density at radius 3 is 2.00 bits per heavy atom. The van der Waals surface area contributed by atoms with Gasteiger partial charge in [0.25, 0.3) is 0 Å². The molecule has 5 unspecified atom stereocenters. The molecule has 0 saturated heterocycles. The lowest BCUT2D eigenvalue weighted by molar-refractivity contribution is -0.457. The number of hydrogen-bond acceptors (Lipinski definition) is 8. The summed E-state index contributed by atoms with van der Waals surface area (Å²) >= 11 is 3.92. The standard InChI is InChI=1S/C43H64F9I2NO5S2/c1-39-20-19-35-34-16-14-33(56-25-22-55(2)21-8-4-6-10-27-62-61-26-9-5-3-7-12-31(29-59-53)30-60-54)28-32(34)13-15-36(35)37(39)17-18-38(39)57-23-11-24-58-40(41(44,45)46,42(47,48)49)43(50,51)52/h14,16,28,31,35-38H,3-13,15,17-27,29-30H2,1-2H3. The van der Waals surface area contributed by atoms with Crippen LogP contribution in [0.2, 0.25) is 0 Å². The summed E-state index contributed by atoms with van der Waals surface area (Å²) in [7, 11) is 6.16. The van der Waals surface area contributed by atoms with E-state index in [1.807, 2.05) is 67.6 Å². The highest BCUT2D eigenvalue weighted by atomic mass is 127. The molecular formula is C43H64F9I2NO5S2. The van der Waals surface area contributed by atoms with Crippen molar-refractivity contribution in [3.05, 3.63) is 29.3 Å². The summed E-state index contributed by atoms with van der Waals surface area (Å²) in [5, 5.41) is 0. The molecule has 4 rings (SSSR count). The molecule has 3 aliphatic carbocycles. The van der Waals surface area contributed by atoms with Gasteiger partial charge in [-0.15, -0.1) is 0 Å². The van der Waals surface area contributed by atoms with Gasteiger partial charge >= 0.3 is 24.1 Å². The fraction of sp³-hybridized carbons (Fsp3) is 0.860. The third-order valence-electron chi connectivity index (χ3n) is 13.3. The highest BCUT2D eigenvalue weighted by Crippen LogP contribution is 2.62. The highest BCUT2D eigenvalue weighted by Gasteiger charge is 2.85.